The molecule has 7 heteroatoms. The predicted octanol–water partition coefficient (Wildman–Crippen LogP) is 1.47. The molecule has 0 aromatic carbocycles. The van der Waals surface area contributed by atoms with Crippen LogP contribution in [0.4, 0.5) is 5.95 Å². The monoisotopic (exact) mass is 250 g/mol. The van der Waals surface area contributed by atoms with E-state index in [0.29, 0.717) is 10.8 Å². The van der Waals surface area contributed by atoms with Gasteiger partial charge in [-0.05, 0) is 11.4 Å². The molecular weight excluding hydrogens is 240 g/mol. The summed E-state index contributed by atoms with van der Waals surface area (Å²) in [6.45, 7) is 0. The topological polar surface area (TPSA) is 87.7 Å². The Morgan fingerprint density at radius 3 is 2.94 bits per heavy atom. The summed E-state index contributed by atoms with van der Waals surface area (Å²) < 4.78 is 0. The largest absolute Gasteiger partial charge is 0.295 e. The Morgan fingerprint density at radius 2 is 2.29 bits per heavy atom. The van der Waals surface area contributed by atoms with E-state index in [0.717, 1.165) is 0 Å². The van der Waals surface area contributed by atoms with Gasteiger partial charge in [0.2, 0.25) is 11.9 Å². The summed E-state index contributed by atoms with van der Waals surface area (Å²) in [6.07, 6.45) is 1.63. The van der Waals surface area contributed by atoms with E-state index in [1.165, 1.54) is 17.7 Å². The van der Waals surface area contributed by atoms with Crippen molar-refractivity contribution in [2.45, 2.75) is 12.8 Å². The number of thiophene rings is 1. The second kappa shape index (κ2) is 5.35. The van der Waals surface area contributed by atoms with Crippen molar-refractivity contribution in [2.24, 2.45) is 0 Å². The van der Waals surface area contributed by atoms with Gasteiger partial charge in [-0.3, -0.25) is 14.9 Å². The number of H-pyrrole nitrogens is 1. The first kappa shape index (κ1) is 11.5. The van der Waals surface area contributed by atoms with E-state index in [2.05, 4.69) is 20.5 Å². The molecule has 0 aliphatic carbocycles. The minimum atomic E-state index is -0.258. The first-order valence-electron chi connectivity index (χ1n) is 4.97. The summed E-state index contributed by atoms with van der Waals surface area (Å²) in [4.78, 5) is 27.5. The van der Waals surface area contributed by atoms with Crippen LogP contribution in [0.25, 0.3) is 0 Å². The maximum atomic E-state index is 11.6. The zero-order valence-electron chi connectivity index (χ0n) is 8.84. The van der Waals surface area contributed by atoms with E-state index in [1.807, 2.05) is 11.4 Å². The number of rotatable bonds is 5. The van der Waals surface area contributed by atoms with Crippen molar-refractivity contribution in [3.63, 3.8) is 0 Å². The fraction of sp³-hybridized carbons (Fsp3) is 0.200. The highest BCUT2D eigenvalue weighted by molar-refractivity contribution is 7.12. The molecule has 0 radical (unpaired) electrons. The number of hydrogen-bond donors (Lipinski definition) is 2. The van der Waals surface area contributed by atoms with Gasteiger partial charge in [-0.1, -0.05) is 6.07 Å². The summed E-state index contributed by atoms with van der Waals surface area (Å²) in [5, 5.41) is 10.4. The molecule has 88 valence electrons. The van der Waals surface area contributed by atoms with Crippen LogP contribution in [0.3, 0.4) is 0 Å². The smallest absolute Gasteiger partial charge is 0.227 e. The molecule has 0 bridgehead atoms. The van der Waals surface area contributed by atoms with E-state index in [9.17, 15) is 9.59 Å². The van der Waals surface area contributed by atoms with Crippen molar-refractivity contribution in [2.75, 3.05) is 5.32 Å². The minimum absolute atomic E-state index is 0.0206. The van der Waals surface area contributed by atoms with Crippen molar-refractivity contribution in [1.82, 2.24) is 15.2 Å². The van der Waals surface area contributed by atoms with Crippen LogP contribution in [-0.4, -0.2) is 26.9 Å². The van der Waals surface area contributed by atoms with E-state index in [4.69, 9.17) is 0 Å². The lowest BCUT2D eigenvalue weighted by atomic mass is 10.2. The molecule has 2 heterocycles. The lowest BCUT2D eigenvalue weighted by Crippen LogP contribution is -2.14. The maximum Gasteiger partial charge on any atom is 0.227 e. The zero-order valence-corrected chi connectivity index (χ0v) is 9.66. The van der Waals surface area contributed by atoms with Crippen LogP contribution >= 0.6 is 11.3 Å². The SMILES string of the molecule is O=C(CCC(=O)c1cccs1)Nc1ncn[nH]1. The average Bonchev–Trinajstić information content (AvgIpc) is 2.97. The number of carbonyl (C=O) groups excluding carboxylic acids is 2. The van der Waals surface area contributed by atoms with Crippen LogP contribution in [0.15, 0.2) is 23.8 Å². The van der Waals surface area contributed by atoms with Crippen molar-refractivity contribution in [3.8, 4) is 0 Å². The van der Waals surface area contributed by atoms with Gasteiger partial charge in [0.05, 0.1) is 4.88 Å². The minimum Gasteiger partial charge on any atom is -0.295 e. The van der Waals surface area contributed by atoms with E-state index in [-0.39, 0.29) is 24.5 Å². The number of nitrogens with zero attached hydrogens (tertiary/aromatic N) is 2. The van der Waals surface area contributed by atoms with Gasteiger partial charge in [-0.2, -0.15) is 10.1 Å². The highest BCUT2D eigenvalue weighted by Gasteiger charge is 2.10. The molecule has 2 aromatic heterocycles. The standard InChI is InChI=1S/C10H10N4O2S/c15-7(8-2-1-5-17-8)3-4-9(16)13-10-11-6-12-14-10/h1-2,5-6H,3-4H2,(H2,11,12,13,14,16). The fourth-order valence-corrected chi connectivity index (χ4v) is 1.94. The molecule has 0 spiro atoms. The van der Waals surface area contributed by atoms with Crippen LogP contribution in [0.2, 0.25) is 0 Å². The van der Waals surface area contributed by atoms with Gasteiger partial charge in [-0.15, -0.1) is 11.3 Å². The molecule has 2 rings (SSSR count). The number of nitrogens with one attached hydrogen (secondary N) is 2. The quantitative estimate of drug-likeness (QED) is 0.786. The molecule has 0 aliphatic rings. The number of ketones is 1. The lowest BCUT2D eigenvalue weighted by molar-refractivity contribution is -0.116. The Hall–Kier alpha value is -2.02. The summed E-state index contributed by atoms with van der Waals surface area (Å²) in [5.74, 6) is 0.0120. The molecule has 0 unspecified atom stereocenters. The van der Waals surface area contributed by atoms with Crippen LogP contribution in [-0.2, 0) is 4.79 Å². The molecular formula is C10H10N4O2S. The van der Waals surface area contributed by atoms with Crippen molar-refractivity contribution in [3.05, 3.63) is 28.7 Å². The molecule has 2 N–H and O–H groups in total. The Bertz CT molecular complexity index is 492. The Labute approximate surface area is 101 Å². The molecule has 0 saturated heterocycles. The summed E-state index contributed by atoms with van der Waals surface area (Å²) in [5.41, 5.74) is 0. The molecule has 0 atom stereocenters. The van der Waals surface area contributed by atoms with E-state index >= 15 is 0 Å². The highest BCUT2D eigenvalue weighted by atomic mass is 32.1. The van der Waals surface area contributed by atoms with Gasteiger partial charge >= 0.3 is 0 Å². The first-order valence-corrected chi connectivity index (χ1v) is 5.85. The van der Waals surface area contributed by atoms with Crippen LogP contribution in [0.1, 0.15) is 22.5 Å². The molecule has 0 saturated carbocycles. The molecule has 6 nitrogen and oxygen atoms in total. The van der Waals surface area contributed by atoms with Crippen molar-refractivity contribution >= 4 is 29.0 Å². The number of Topliss-reactive ketones (excluding diaryl/α,β-unsaturated/α-hetero) is 1. The number of carbonyl (C=O) groups is 2. The second-order valence-electron chi connectivity index (χ2n) is 3.28. The number of anilines is 1. The predicted molar refractivity (Wildman–Crippen MR) is 62.9 cm³/mol. The molecule has 0 fully saturated rings. The van der Waals surface area contributed by atoms with Gasteiger partial charge in [0.15, 0.2) is 5.78 Å². The van der Waals surface area contributed by atoms with Gasteiger partial charge < -0.3 is 0 Å². The Balaban J connectivity index is 1.79. The van der Waals surface area contributed by atoms with Crippen molar-refractivity contribution < 1.29 is 9.59 Å². The summed E-state index contributed by atoms with van der Waals surface area (Å²) in [7, 11) is 0. The van der Waals surface area contributed by atoms with Gasteiger partial charge in [-0.25, -0.2) is 5.10 Å². The second-order valence-corrected chi connectivity index (χ2v) is 4.23. The fourth-order valence-electron chi connectivity index (χ4n) is 1.25. The van der Waals surface area contributed by atoms with Gasteiger partial charge in [0, 0.05) is 12.8 Å². The third-order valence-electron chi connectivity index (χ3n) is 2.05. The third-order valence-corrected chi connectivity index (χ3v) is 2.96. The average molecular weight is 250 g/mol. The normalized spacial score (nSPS) is 10.1. The number of hydrogen-bond acceptors (Lipinski definition) is 5. The first-order chi connectivity index (χ1) is 8.25. The summed E-state index contributed by atoms with van der Waals surface area (Å²) >= 11 is 1.38. The van der Waals surface area contributed by atoms with Crippen LogP contribution in [0, 0.1) is 0 Å². The molecule has 0 aliphatic heterocycles. The maximum absolute atomic E-state index is 11.6. The summed E-state index contributed by atoms with van der Waals surface area (Å²) in [6, 6.07) is 3.56. The van der Waals surface area contributed by atoms with E-state index in [1.54, 1.807) is 6.07 Å². The number of aromatic amines is 1. The number of amides is 1. The van der Waals surface area contributed by atoms with Crippen LogP contribution in [0.5, 0.6) is 0 Å². The molecule has 17 heavy (non-hydrogen) atoms. The zero-order chi connectivity index (χ0) is 12.1. The number of aromatic nitrogens is 3. The van der Waals surface area contributed by atoms with Crippen LogP contribution < -0.4 is 5.32 Å². The molecule has 1 amide bonds. The molecule has 2 aromatic rings. The Morgan fingerprint density at radius 1 is 1.41 bits per heavy atom. The highest BCUT2D eigenvalue weighted by Crippen LogP contribution is 2.12. The third kappa shape index (κ3) is 3.22. The van der Waals surface area contributed by atoms with Gasteiger partial charge in [0.1, 0.15) is 6.33 Å². The Kier molecular flexibility index (Phi) is 3.61. The van der Waals surface area contributed by atoms with Gasteiger partial charge in [0.25, 0.3) is 0 Å². The van der Waals surface area contributed by atoms with E-state index < -0.39 is 0 Å². The van der Waals surface area contributed by atoms with Crippen molar-refractivity contribution in [1.29, 1.82) is 0 Å². The lowest BCUT2D eigenvalue weighted by Gasteiger charge is -2.00.